The van der Waals surface area contributed by atoms with Crippen LogP contribution in [0.15, 0.2) is 46.4 Å². The maximum absolute atomic E-state index is 12.9. The molecule has 2 aromatic rings. The number of rotatable bonds is 4. The first-order chi connectivity index (χ1) is 13.5. The predicted molar refractivity (Wildman–Crippen MR) is 103 cm³/mol. The van der Waals surface area contributed by atoms with Gasteiger partial charge in [0.15, 0.2) is 0 Å². The number of Topliss-reactive ketones (excluding diaryl/α,β-unsaturated/α-hetero) is 1. The monoisotopic (exact) mass is 381 g/mol. The van der Waals surface area contributed by atoms with Gasteiger partial charge in [0, 0.05) is 18.7 Å². The van der Waals surface area contributed by atoms with Crippen molar-refractivity contribution in [1.82, 2.24) is 4.90 Å². The zero-order chi connectivity index (χ0) is 19.8. The maximum atomic E-state index is 12.9. The highest BCUT2D eigenvalue weighted by Crippen LogP contribution is 2.40. The van der Waals surface area contributed by atoms with Gasteiger partial charge < -0.3 is 19.2 Å². The lowest BCUT2D eigenvalue weighted by molar-refractivity contribution is -0.141. The number of aliphatic hydroxyl groups is 1. The normalized spacial score (nSPS) is 24.3. The summed E-state index contributed by atoms with van der Waals surface area (Å²) in [7, 11) is 0. The van der Waals surface area contributed by atoms with Gasteiger partial charge >= 0.3 is 0 Å². The average molecular weight is 381 g/mol. The Hall–Kier alpha value is -2.86. The van der Waals surface area contributed by atoms with Crippen molar-refractivity contribution in [3.05, 3.63) is 64.6 Å². The number of hydrogen-bond acceptors (Lipinski definition) is 5. The van der Waals surface area contributed by atoms with Gasteiger partial charge in [-0.05, 0) is 38.8 Å². The fourth-order valence-electron chi connectivity index (χ4n) is 3.84. The molecule has 3 heterocycles. The predicted octanol–water partition coefficient (Wildman–Crippen LogP) is 3.50. The highest BCUT2D eigenvalue weighted by molar-refractivity contribution is 6.46. The molecule has 2 unspecified atom stereocenters. The van der Waals surface area contributed by atoms with Crippen LogP contribution in [0.3, 0.4) is 0 Å². The van der Waals surface area contributed by atoms with E-state index in [1.54, 1.807) is 31.2 Å². The Morgan fingerprint density at radius 2 is 1.89 bits per heavy atom. The van der Waals surface area contributed by atoms with Crippen molar-refractivity contribution >= 4 is 17.4 Å². The van der Waals surface area contributed by atoms with Crippen LogP contribution >= 0.6 is 0 Å². The van der Waals surface area contributed by atoms with Crippen molar-refractivity contribution in [3.8, 4) is 0 Å². The molecule has 1 amide bonds. The number of furan rings is 1. The molecule has 4 rings (SSSR count). The zero-order valence-corrected chi connectivity index (χ0v) is 16.0. The zero-order valence-electron chi connectivity index (χ0n) is 16.0. The average Bonchev–Trinajstić information content (AvgIpc) is 3.39. The standard InChI is InChI=1S/C22H23NO5/c1-13-5-8-15(9-6-13)20(24)18-19(17-10-7-14(2)28-17)23(22(26)21(18)25)12-16-4-3-11-27-16/h5-10,16,19,24H,3-4,11-12H2,1-2H3. The highest BCUT2D eigenvalue weighted by Gasteiger charge is 2.48. The quantitative estimate of drug-likeness (QED) is 0.498. The van der Waals surface area contributed by atoms with Crippen LogP contribution in [0.4, 0.5) is 0 Å². The van der Waals surface area contributed by atoms with E-state index in [0.717, 1.165) is 18.4 Å². The molecule has 28 heavy (non-hydrogen) atoms. The smallest absolute Gasteiger partial charge is 0.295 e. The molecular weight excluding hydrogens is 358 g/mol. The minimum absolute atomic E-state index is 0.0567. The molecule has 6 heteroatoms. The van der Waals surface area contributed by atoms with E-state index < -0.39 is 17.7 Å². The van der Waals surface area contributed by atoms with Crippen LogP contribution in [0.2, 0.25) is 0 Å². The number of ketones is 1. The Morgan fingerprint density at radius 1 is 1.14 bits per heavy atom. The molecule has 2 fully saturated rings. The second-order valence-corrected chi connectivity index (χ2v) is 7.40. The van der Waals surface area contributed by atoms with Crippen LogP contribution in [0.25, 0.3) is 5.76 Å². The van der Waals surface area contributed by atoms with Gasteiger partial charge in [-0.3, -0.25) is 9.59 Å². The number of amides is 1. The molecule has 0 bridgehead atoms. The number of likely N-dealkylation sites (tertiary alicyclic amines) is 1. The highest BCUT2D eigenvalue weighted by atomic mass is 16.5. The lowest BCUT2D eigenvalue weighted by Gasteiger charge is -2.25. The van der Waals surface area contributed by atoms with E-state index in [2.05, 4.69) is 0 Å². The van der Waals surface area contributed by atoms with E-state index in [1.165, 1.54) is 4.90 Å². The number of ether oxygens (including phenoxy) is 1. The molecular formula is C22H23NO5. The number of carbonyl (C=O) groups excluding carboxylic acids is 2. The fourth-order valence-corrected chi connectivity index (χ4v) is 3.84. The molecule has 0 saturated carbocycles. The second kappa shape index (κ2) is 7.28. The van der Waals surface area contributed by atoms with Crippen LogP contribution in [0.5, 0.6) is 0 Å². The second-order valence-electron chi connectivity index (χ2n) is 7.40. The Morgan fingerprint density at radius 3 is 2.50 bits per heavy atom. The molecule has 1 aromatic carbocycles. The third-order valence-electron chi connectivity index (χ3n) is 5.32. The summed E-state index contributed by atoms with van der Waals surface area (Å²) in [5, 5.41) is 10.9. The van der Waals surface area contributed by atoms with Gasteiger partial charge in [0.2, 0.25) is 0 Å². The Bertz CT molecular complexity index is 934. The van der Waals surface area contributed by atoms with Gasteiger partial charge in [0.05, 0.1) is 11.7 Å². The summed E-state index contributed by atoms with van der Waals surface area (Å²) in [5.41, 5.74) is 1.59. The number of nitrogens with zero attached hydrogens (tertiary/aromatic N) is 1. The third-order valence-corrected chi connectivity index (χ3v) is 5.32. The van der Waals surface area contributed by atoms with Crippen LogP contribution in [-0.2, 0) is 14.3 Å². The molecule has 1 aromatic heterocycles. The first-order valence-corrected chi connectivity index (χ1v) is 9.49. The summed E-state index contributed by atoms with van der Waals surface area (Å²) in [4.78, 5) is 27.2. The van der Waals surface area contributed by atoms with Crippen LogP contribution in [0.1, 0.15) is 41.5 Å². The molecule has 2 saturated heterocycles. The summed E-state index contributed by atoms with van der Waals surface area (Å²) in [6.07, 6.45) is 1.66. The number of carbonyl (C=O) groups is 2. The molecule has 1 N–H and O–H groups in total. The molecule has 2 atom stereocenters. The van der Waals surface area contributed by atoms with Crippen molar-refractivity contribution in [3.63, 3.8) is 0 Å². The maximum Gasteiger partial charge on any atom is 0.295 e. The molecule has 0 radical (unpaired) electrons. The summed E-state index contributed by atoms with van der Waals surface area (Å²) in [6.45, 7) is 4.69. The van der Waals surface area contributed by atoms with Gasteiger partial charge in [-0.15, -0.1) is 0 Å². The minimum atomic E-state index is -0.765. The van der Waals surface area contributed by atoms with Crippen molar-refractivity contribution in [2.45, 2.75) is 38.8 Å². The third kappa shape index (κ3) is 3.24. The first kappa shape index (κ1) is 18.5. The molecule has 0 spiro atoms. The largest absolute Gasteiger partial charge is 0.507 e. The summed E-state index contributed by atoms with van der Waals surface area (Å²) in [5.74, 6) is -0.387. The fraction of sp³-hybridized carbons (Fsp3) is 0.364. The van der Waals surface area contributed by atoms with E-state index in [4.69, 9.17) is 9.15 Å². The molecule has 0 aliphatic carbocycles. The Labute approximate surface area is 163 Å². The number of benzene rings is 1. The van der Waals surface area contributed by atoms with Gasteiger partial charge in [0.25, 0.3) is 11.7 Å². The SMILES string of the molecule is Cc1ccc(C(O)=C2C(=O)C(=O)N(CC3CCCO3)C2c2ccc(C)o2)cc1. The molecule has 2 aliphatic rings. The summed E-state index contributed by atoms with van der Waals surface area (Å²) in [6, 6.07) is 9.95. The van der Waals surface area contributed by atoms with E-state index in [9.17, 15) is 14.7 Å². The van der Waals surface area contributed by atoms with Gasteiger partial charge in [-0.2, -0.15) is 0 Å². The minimum Gasteiger partial charge on any atom is -0.507 e. The van der Waals surface area contributed by atoms with Crippen LogP contribution in [-0.4, -0.2) is 41.0 Å². The van der Waals surface area contributed by atoms with Crippen molar-refractivity contribution < 1.29 is 23.8 Å². The van der Waals surface area contributed by atoms with Gasteiger partial charge in [-0.1, -0.05) is 29.8 Å². The number of aliphatic hydroxyl groups excluding tert-OH is 1. The molecule has 2 aliphatic heterocycles. The van der Waals surface area contributed by atoms with Crippen LogP contribution < -0.4 is 0 Å². The number of hydrogen-bond donors (Lipinski definition) is 1. The Balaban J connectivity index is 1.80. The lowest BCUT2D eigenvalue weighted by atomic mass is 9.98. The van der Waals surface area contributed by atoms with E-state index in [1.807, 2.05) is 19.1 Å². The van der Waals surface area contributed by atoms with Gasteiger partial charge in [0.1, 0.15) is 23.3 Å². The summed E-state index contributed by atoms with van der Waals surface area (Å²) >= 11 is 0. The summed E-state index contributed by atoms with van der Waals surface area (Å²) < 4.78 is 11.4. The topological polar surface area (TPSA) is 80.0 Å². The Kier molecular flexibility index (Phi) is 4.81. The molecule has 146 valence electrons. The van der Waals surface area contributed by atoms with Crippen molar-refractivity contribution in [1.29, 1.82) is 0 Å². The van der Waals surface area contributed by atoms with Gasteiger partial charge in [-0.25, -0.2) is 0 Å². The molecule has 6 nitrogen and oxygen atoms in total. The van der Waals surface area contributed by atoms with Crippen molar-refractivity contribution in [2.24, 2.45) is 0 Å². The lowest BCUT2D eigenvalue weighted by Crippen LogP contribution is -2.36. The van der Waals surface area contributed by atoms with E-state index in [0.29, 0.717) is 30.2 Å². The van der Waals surface area contributed by atoms with Crippen LogP contribution in [0, 0.1) is 13.8 Å². The van der Waals surface area contributed by atoms with Crippen molar-refractivity contribution in [2.75, 3.05) is 13.2 Å². The van der Waals surface area contributed by atoms with E-state index in [-0.39, 0.29) is 17.4 Å². The van der Waals surface area contributed by atoms with E-state index >= 15 is 0 Å². The number of aryl methyl sites for hydroxylation is 2. The first-order valence-electron chi connectivity index (χ1n) is 9.49.